The van der Waals surface area contributed by atoms with Crippen LogP contribution in [0.25, 0.3) is 4.96 Å². The number of likely N-dealkylation sites (tertiary alicyclic amines) is 1. The van der Waals surface area contributed by atoms with Crippen LogP contribution in [-0.4, -0.2) is 40.0 Å². The van der Waals surface area contributed by atoms with Crippen LogP contribution in [0.1, 0.15) is 42.5 Å². The van der Waals surface area contributed by atoms with Crippen LogP contribution in [0.2, 0.25) is 0 Å². The van der Waals surface area contributed by atoms with Crippen LogP contribution < -0.4 is 5.32 Å². The zero-order valence-corrected chi connectivity index (χ0v) is 14.2. The molecule has 5 heteroatoms. The molecular formula is C16H26N4S. The molecule has 2 aromatic rings. The molecular weight excluding hydrogens is 280 g/mol. The number of hydrogen-bond donors (Lipinski definition) is 1. The number of thiazole rings is 1. The molecule has 1 saturated heterocycles. The molecule has 0 aromatic carbocycles. The lowest BCUT2D eigenvalue weighted by molar-refractivity contribution is 0.197. The summed E-state index contributed by atoms with van der Waals surface area (Å²) in [5.41, 5.74) is 2.49. The molecule has 1 fully saturated rings. The first kappa shape index (κ1) is 15.0. The number of aryl methyl sites for hydroxylation is 2. The van der Waals surface area contributed by atoms with Gasteiger partial charge in [0.2, 0.25) is 0 Å². The third-order valence-corrected chi connectivity index (χ3v) is 5.32. The minimum absolute atomic E-state index is 0.655. The fourth-order valence-corrected chi connectivity index (χ4v) is 4.13. The lowest BCUT2D eigenvalue weighted by Gasteiger charge is -2.32. The van der Waals surface area contributed by atoms with Gasteiger partial charge in [-0.2, -0.15) is 0 Å². The van der Waals surface area contributed by atoms with E-state index in [9.17, 15) is 0 Å². The van der Waals surface area contributed by atoms with Crippen LogP contribution in [0.4, 0.5) is 0 Å². The Morgan fingerprint density at radius 3 is 2.81 bits per heavy atom. The Kier molecular flexibility index (Phi) is 4.62. The van der Waals surface area contributed by atoms with Gasteiger partial charge in [0.1, 0.15) is 0 Å². The van der Waals surface area contributed by atoms with Crippen molar-refractivity contribution >= 4 is 16.3 Å². The van der Waals surface area contributed by atoms with E-state index in [1.165, 1.54) is 49.5 Å². The molecule has 0 bridgehead atoms. The predicted molar refractivity (Wildman–Crippen MR) is 89.1 cm³/mol. The average Bonchev–Trinajstić information content (AvgIpc) is 2.94. The number of rotatable bonds is 5. The van der Waals surface area contributed by atoms with Crippen LogP contribution in [-0.2, 0) is 6.54 Å². The third kappa shape index (κ3) is 3.30. The maximum Gasteiger partial charge on any atom is 0.194 e. The summed E-state index contributed by atoms with van der Waals surface area (Å²) in [6.07, 6.45) is 6.01. The van der Waals surface area contributed by atoms with Gasteiger partial charge in [-0.1, -0.05) is 6.92 Å². The quantitative estimate of drug-likeness (QED) is 0.922. The Labute approximate surface area is 131 Å². The minimum atomic E-state index is 0.655. The van der Waals surface area contributed by atoms with Crippen molar-refractivity contribution < 1.29 is 0 Å². The number of nitrogens with one attached hydrogen (secondary N) is 1. The lowest BCUT2D eigenvalue weighted by atomic mass is 10.0. The molecule has 116 valence electrons. The highest BCUT2D eigenvalue weighted by Crippen LogP contribution is 2.21. The highest BCUT2D eigenvalue weighted by Gasteiger charge is 2.19. The highest BCUT2D eigenvalue weighted by atomic mass is 32.1. The Morgan fingerprint density at radius 1 is 1.33 bits per heavy atom. The van der Waals surface area contributed by atoms with Gasteiger partial charge in [0, 0.05) is 23.7 Å². The summed E-state index contributed by atoms with van der Waals surface area (Å²) in [7, 11) is 0. The van der Waals surface area contributed by atoms with Crippen LogP contribution in [0.3, 0.4) is 0 Å². The SMILES string of the molecule is CCCN1CCC(NCc2c(C)nc3sc(C)cn23)CC1. The normalized spacial score (nSPS) is 17.9. The first-order valence-corrected chi connectivity index (χ1v) is 8.88. The summed E-state index contributed by atoms with van der Waals surface area (Å²) in [4.78, 5) is 9.70. The van der Waals surface area contributed by atoms with Crippen molar-refractivity contribution in [2.75, 3.05) is 19.6 Å². The first-order chi connectivity index (χ1) is 10.2. The second kappa shape index (κ2) is 6.46. The van der Waals surface area contributed by atoms with Crippen LogP contribution in [0.15, 0.2) is 6.20 Å². The summed E-state index contributed by atoms with van der Waals surface area (Å²) >= 11 is 1.77. The van der Waals surface area contributed by atoms with Crippen molar-refractivity contribution in [1.29, 1.82) is 0 Å². The summed E-state index contributed by atoms with van der Waals surface area (Å²) in [5.74, 6) is 0. The molecule has 1 N–H and O–H groups in total. The van der Waals surface area contributed by atoms with Gasteiger partial charge in [0.15, 0.2) is 4.96 Å². The maximum atomic E-state index is 4.67. The van der Waals surface area contributed by atoms with Gasteiger partial charge in [-0.05, 0) is 52.7 Å². The van der Waals surface area contributed by atoms with Crippen LogP contribution in [0, 0.1) is 13.8 Å². The van der Waals surface area contributed by atoms with Crippen molar-refractivity contribution in [3.05, 3.63) is 22.5 Å². The molecule has 1 aliphatic heterocycles. The highest BCUT2D eigenvalue weighted by molar-refractivity contribution is 7.17. The molecule has 21 heavy (non-hydrogen) atoms. The Balaban J connectivity index is 1.58. The van der Waals surface area contributed by atoms with E-state index < -0.39 is 0 Å². The minimum Gasteiger partial charge on any atom is -0.308 e. The van der Waals surface area contributed by atoms with E-state index in [1.807, 2.05) is 0 Å². The zero-order valence-electron chi connectivity index (χ0n) is 13.4. The summed E-state index contributed by atoms with van der Waals surface area (Å²) in [5, 5.41) is 3.75. The molecule has 0 radical (unpaired) electrons. The van der Waals surface area contributed by atoms with Crippen molar-refractivity contribution in [3.8, 4) is 0 Å². The molecule has 3 heterocycles. The van der Waals surface area contributed by atoms with E-state index in [4.69, 9.17) is 0 Å². The number of imidazole rings is 1. The van der Waals surface area contributed by atoms with Crippen molar-refractivity contribution in [2.45, 2.75) is 52.6 Å². The Bertz CT molecular complexity index is 593. The molecule has 0 atom stereocenters. The molecule has 4 nitrogen and oxygen atoms in total. The van der Waals surface area contributed by atoms with Crippen molar-refractivity contribution in [3.63, 3.8) is 0 Å². The molecule has 3 rings (SSSR count). The van der Waals surface area contributed by atoms with E-state index in [-0.39, 0.29) is 0 Å². The van der Waals surface area contributed by atoms with Gasteiger partial charge in [0.05, 0.1) is 11.4 Å². The largest absolute Gasteiger partial charge is 0.308 e. The number of piperidine rings is 1. The summed E-state index contributed by atoms with van der Waals surface area (Å²) in [6, 6.07) is 0.655. The first-order valence-electron chi connectivity index (χ1n) is 8.07. The maximum absolute atomic E-state index is 4.67. The van der Waals surface area contributed by atoms with E-state index in [0.717, 1.165) is 17.2 Å². The molecule has 2 aromatic heterocycles. The molecule has 1 aliphatic rings. The van der Waals surface area contributed by atoms with E-state index >= 15 is 0 Å². The van der Waals surface area contributed by atoms with Gasteiger partial charge in [-0.15, -0.1) is 11.3 Å². The second-order valence-electron chi connectivity index (χ2n) is 6.14. The van der Waals surface area contributed by atoms with Crippen molar-refractivity contribution in [2.24, 2.45) is 0 Å². The number of nitrogens with zero attached hydrogens (tertiary/aromatic N) is 3. The molecule has 0 saturated carbocycles. The van der Waals surface area contributed by atoms with Crippen molar-refractivity contribution in [1.82, 2.24) is 19.6 Å². The van der Waals surface area contributed by atoms with E-state index in [2.05, 4.69) is 46.6 Å². The Morgan fingerprint density at radius 2 is 2.10 bits per heavy atom. The van der Waals surface area contributed by atoms with Crippen LogP contribution >= 0.6 is 11.3 Å². The monoisotopic (exact) mass is 306 g/mol. The van der Waals surface area contributed by atoms with Gasteiger partial charge in [-0.3, -0.25) is 4.40 Å². The van der Waals surface area contributed by atoms with Crippen LogP contribution in [0.5, 0.6) is 0 Å². The zero-order chi connectivity index (χ0) is 14.8. The van der Waals surface area contributed by atoms with Gasteiger partial charge in [0.25, 0.3) is 0 Å². The molecule has 0 spiro atoms. The van der Waals surface area contributed by atoms with E-state index in [1.54, 1.807) is 11.3 Å². The lowest BCUT2D eigenvalue weighted by Crippen LogP contribution is -2.42. The average molecular weight is 306 g/mol. The summed E-state index contributed by atoms with van der Waals surface area (Å²) < 4.78 is 2.26. The molecule has 0 amide bonds. The van der Waals surface area contributed by atoms with Gasteiger partial charge < -0.3 is 10.2 Å². The number of aromatic nitrogens is 2. The molecule has 0 aliphatic carbocycles. The fraction of sp³-hybridized carbons (Fsp3) is 0.688. The molecule has 0 unspecified atom stereocenters. The summed E-state index contributed by atoms with van der Waals surface area (Å²) in [6.45, 7) is 11.2. The topological polar surface area (TPSA) is 32.6 Å². The number of hydrogen-bond acceptors (Lipinski definition) is 4. The second-order valence-corrected chi connectivity index (χ2v) is 7.35. The smallest absolute Gasteiger partial charge is 0.194 e. The van der Waals surface area contributed by atoms with Gasteiger partial charge >= 0.3 is 0 Å². The third-order valence-electron chi connectivity index (χ3n) is 4.43. The standard InChI is InChI=1S/C16H26N4S/c1-4-7-19-8-5-14(6-9-19)17-10-15-13(3)18-16-20(15)11-12(2)21-16/h11,14,17H,4-10H2,1-3H3. The predicted octanol–water partition coefficient (Wildman–Crippen LogP) is 2.98. The fourth-order valence-electron chi connectivity index (χ4n) is 3.24. The van der Waals surface area contributed by atoms with Gasteiger partial charge in [-0.25, -0.2) is 4.98 Å². The number of fused-ring (bicyclic) bond motifs is 1. The van der Waals surface area contributed by atoms with E-state index in [0.29, 0.717) is 6.04 Å². The Hall–Kier alpha value is -0.910.